The largest absolute Gasteiger partial charge is 0.461 e. The van der Waals surface area contributed by atoms with Gasteiger partial charge in [-0.1, -0.05) is 19.1 Å². The zero-order chi connectivity index (χ0) is 14.5. The summed E-state index contributed by atoms with van der Waals surface area (Å²) in [4.78, 5) is 12.0. The molecule has 0 radical (unpaired) electrons. The molecule has 2 rings (SSSR count). The molecule has 0 spiro atoms. The quantitative estimate of drug-likeness (QED) is 0.772. The van der Waals surface area contributed by atoms with E-state index < -0.39 is 0 Å². The maximum atomic E-state index is 12.0. The summed E-state index contributed by atoms with van der Waals surface area (Å²) in [5.41, 5.74) is 1.26. The Morgan fingerprint density at radius 3 is 2.75 bits per heavy atom. The number of esters is 1. The summed E-state index contributed by atoms with van der Waals surface area (Å²) in [5, 5.41) is 8.27. The van der Waals surface area contributed by atoms with Crippen LogP contribution in [0.5, 0.6) is 0 Å². The van der Waals surface area contributed by atoms with E-state index in [2.05, 4.69) is 24.2 Å². The second-order valence-electron chi connectivity index (χ2n) is 5.49. The Morgan fingerprint density at radius 2 is 2.15 bits per heavy atom. The molecule has 1 aromatic rings. The van der Waals surface area contributed by atoms with E-state index in [1.165, 1.54) is 0 Å². The standard InChI is InChI=1S/C14H23N3O3/c1-4-20-14(18)13-12(9-10(2)3)17(16-15-13)11-5-7-19-8-6-11/h10-11H,4-9H2,1-3H3. The average molecular weight is 281 g/mol. The van der Waals surface area contributed by atoms with E-state index in [1.54, 1.807) is 6.92 Å². The molecule has 112 valence electrons. The molecule has 0 N–H and O–H groups in total. The normalized spacial score (nSPS) is 16.6. The highest BCUT2D eigenvalue weighted by molar-refractivity contribution is 5.88. The Hall–Kier alpha value is -1.43. The lowest BCUT2D eigenvalue weighted by molar-refractivity contribution is 0.0517. The predicted molar refractivity (Wildman–Crippen MR) is 73.6 cm³/mol. The number of carbonyl (C=O) groups is 1. The van der Waals surface area contributed by atoms with E-state index in [-0.39, 0.29) is 12.0 Å². The van der Waals surface area contributed by atoms with E-state index in [1.807, 2.05) is 4.68 Å². The summed E-state index contributed by atoms with van der Waals surface area (Å²) >= 11 is 0. The number of rotatable bonds is 5. The van der Waals surface area contributed by atoms with Gasteiger partial charge in [0.05, 0.1) is 18.3 Å². The Bertz CT molecular complexity index is 451. The molecule has 0 bridgehead atoms. The Morgan fingerprint density at radius 1 is 1.45 bits per heavy atom. The molecule has 20 heavy (non-hydrogen) atoms. The van der Waals surface area contributed by atoms with Crippen LogP contribution in [0.2, 0.25) is 0 Å². The second-order valence-corrected chi connectivity index (χ2v) is 5.49. The van der Waals surface area contributed by atoms with Gasteiger partial charge in [0, 0.05) is 13.2 Å². The molecule has 1 saturated heterocycles. The van der Waals surface area contributed by atoms with Gasteiger partial charge >= 0.3 is 5.97 Å². The fourth-order valence-electron chi connectivity index (χ4n) is 2.47. The monoisotopic (exact) mass is 281 g/mol. The SMILES string of the molecule is CCOC(=O)c1nnn(C2CCOCC2)c1CC(C)C. The van der Waals surface area contributed by atoms with Crippen molar-refractivity contribution in [3.8, 4) is 0 Å². The molecule has 1 aliphatic heterocycles. The smallest absolute Gasteiger partial charge is 0.360 e. The fourth-order valence-corrected chi connectivity index (χ4v) is 2.47. The number of aromatic nitrogens is 3. The highest BCUT2D eigenvalue weighted by Gasteiger charge is 2.26. The van der Waals surface area contributed by atoms with E-state index in [4.69, 9.17) is 9.47 Å². The third-order valence-corrected chi connectivity index (χ3v) is 3.40. The minimum absolute atomic E-state index is 0.271. The highest BCUT2D eigenvalue weighted by Crippen LogP contribution is 2.24. The van der Waals surface area contributed by atoms with Crippen molar-refractivity contribution in [1.82, 2.24) is 15.0 Å². The molecule has 1 aliphatic rings. The lowest BCUT2D eigenvalue weighted by atomic mass is 10.0. The first kappa shape index (κ1) is 15.0. The van der Waals surface area contributed by atoms with Crippen LogP contribution in [0.15, 0.2) is 0 Å². The van der Waals surface area contributed by atoms with Gasteiger partial charge < -0.3 is 9.47 Å². The zero-order valence-electron chi connectivity index (χ0n) is 12.5. The van der Waals surface area contributed by atoms with Crippen LogP contribution in [0.4, 0.5) is 0 Å². The van der Waals surface area contributed by atoms with Crippen molar-refractivity contribution in [2.45, 2.75) is 46.1 Å². The lowest BCUT2D eigenvalue weighted by Gasteiger charge is -2.24. The lowest BCUT2D eigenvalue weighted by Crippen LogP contribution is -2.23. The number of nitrogens with zero attached hydrogens (tertiary/aromatic N) is 3. The summed E-state index contributed by atoms with van der Waals surface area (Å²) in [6, 6.07) is 0.271. The van der Waals surface area contributed by atoms with Crippen LogP contribution in [0.25, 0.3) is 0 Å². The van der Waals surface area contributed by atoms with Crippen molar-refractivity contribution in [3.05, 3.63) is 11.4 Å². The van der Waals surface area contributed by atoms with Gasteiger partial charge in [0.1, 0.15) is 0 Å². The molecule has 6 heteroatoms. The average Bonchev–Trinajstić information content (AvgIpc) is 2.83. The van der Waals surface area contributed by atoms with Crippen molar-refractivity contribution in [1.29, 1.82) is 0 Å². The summed E-state index contributed by atoms with van der Waals surface area (Å²) < 4.78 is 12.4. The maximum Gasteiger partial charge on any atom is 0.360 e. The van der Waals surface area contributed by atoms with Crippen molar-refractivity contribution in [2.24, 2.45) is 5.92 Å². The van der Waals surface area contributed by atoms with Gasteiger partial charge in [-0.15, -0.1) is 5.10 Å². The molecule has 0 unspecified atom stereocenters. The number of carbonyl (C=O) groups excluding carboxylic acids is 1. The Kier molecular flexibility index (Phi) is 5.11. The van der Waals surface area contributed by atoms with Crippen LogP contribution in [0.3, 0.4) is 0 Å². The first-order valence-electron chi connectivity index (χ1n) is 7.32. The Balaban J connectivity index is 2.28. The van der Waals surface area contributed by atoms with E-state index in [0.29, 0.717) is 18.2 Å². The van der Waals surface area contributed by atoms with E-state index >= 15 is 0 Å². The van der Waals surface area contributed by atoms with Crippen LogP contribution >= 0.6 is 0 Å². The molecular weight excluding hydrogens is 258 g/mol. The molecule has 1 aromatic heterocycles. The van der Waals surface area contributed by atoms with E-state index in [9.17, 15) is 4.79 Å². The number of ether oxygens (including phenoxy) is 2. The predicted octanol–water partition coefficient (Wildman–Crippen LogP) is 2.00. The molecule has 2 heterocycles. The summed E-state index contributed by atoms with van der Waals surface area (Å²) in [7, 11) is 0. The summed E-state index contributed by atoms with van der Waals surface area (Å²) in [6.45, 7) is 7.86. The number of hydrogen-bond acceptors (Lipinski definition) is 5. The first-order valence-corrected chi connectivity index (χ1v) is 7.32. The van der Waals surface area contributed by atoms with Crippen molar-refractivity contribution >= 4 is 5.97 Å². The van der Waals surface area contributed by atoms with Gasteiger partial charge in [0.2, 0.25) is 0 Å². The Labute approximate surface area is 119 Å². The molecule has 0 aliphatic carbocycles. The molecule has 0 saturated carbocycles. The third kappa shape index (κ3) is 3.36. The van der Waals surface area contributed by atoms with Gasteiger partial charge in [-0.2, -0.15) is 0 Å². The fraction of sp³-hybridized carbons (Fsp3) is 0.786. The van der Waals surface area contributed by atoms with Crippen molar-refractivity contribution in [3.63, 3.8) is 0 Å². The molecule has 0 atom stereocenters. The van der Waals surface area contributed by atoms with Crippen LogP contribution in [-0.4, -0.2) is 40.8 Å². The van der Waals surface area contributed by atoms with Gasteiger partial charge in [-0.3, -0.25) is 0 Å². The number of hydrogen-bond donors (Lipinski definition) is 0. The first-order chi connectivity index (χ1) is 9.63. The van der Waals surface area contributed by atoms with Crippen LogP contribution in [0.1, 0.15) is 55.8 Å². The van der Waals surface area contributed by atoms with E-state index in [0.717, 1.165) is 38.2 Å². The van der Waals surface area contributed by atoms with Gasteiger partial charge in [-0.05, 0) is 32.1 Å². The molecule has 0 aromatic carbocycles. The van der Waals surface area contributed by atoms with Crippen molar-refractivity contribution in [2.75, 3.05) is 19.8 Å². The molecule has 1 fully saturated rings. The minimum Gasteiger partial charge on any atom is -0.461 e. The highest BCUT2D eigenvalue weighted by atomic mass is 16.5. The van der Waals surface area contributed by atoms with Gasteiger partial charge in [0.15, 0.2) is 5.69 Å². The minimum atomic E-state index is -0.374. The maximum absolute atomic E-state index is 12.0. The molecular formula is C14H23N3O3. The molecule has 0 amide bonds. The summed E-state index contributed by atoms with van der Waals surface area (Å²) in [6.07, 6.45) is 2.60. The van der Waals surface area contributed by atoms with Gasteiger partial charge in [0.25, 0.3) is 0 Å². The van der Waals surface area contributed by atoms with Crippen LogP contribution in [0, 0.1) is 5.92 Å². The summed E-state index contributed by atoms with van der Waals surface area (Å²) in [5.74, 6) is 0.0572. The second kappa shape index (κ2) is 6.83. The van der Waals surface area contributed by atoms with Gasteiger partial charge in [-0.25, -0.2) is 9.48 Å². The zero-order valence-corrected chi connectivity index (χ0v) is 12.5. The third-order valence-electron chi connectivity index (χ3n) is 3.40. The van der Waals surface area contributed by atoms with Crippen LogP contribution < -0.4 is 0 Å². The van der Waals surface area contributed by atoms with Crippen LogP contribution in [-0.2, 0) is 15.9 Å². The van der Waals surface area contributed by atoms with Crippen molar-refractivity contribution < 1.29 is 14.3 Å². The topological polar surface area (TPSA) is 66.2 Å². The molecule has 6 nitrogen and oxygen atoms in total.